The van der Waals surface area contributed by atoms with Crippen LogP contribution in [-0.2, 0) is 4.74 Å². The monoisotopic (exact) mass is 140 g/mol. The third-order valence-electron chi connectivity index (χ3n) is 2.49. The molecule has 2 unspecified atom stereocenters. The average Bonchev–Trinajstić information content (AvgIpc) is 2.29. The standard InChI is InChI=1S/C8H12O2/c9-8-4-2-1-3-7(8)5-10-6-8/h1-2,7,9H,3-6H2. The lowest BCUT2D eigenvalue weighted by Gasteiger charge is -2.28. The van der Waals surface area contributed by atoms with Crippen molar-refractivity contribution >= 4 is 0 Å². The fourth-order valence-electron chi connectivity index (χ4n) is 1.71. The highest BCUT2D eigenvalue weighted by Crippen LogP contribution is 2.34. The molecule has 56 valence electrons. The molecule has 10 heavy (non-hydrogen) atoms. The summed E-state index contributed by atoms with van der Waals surface area (Å²) in [6.07, 6.45) is 5.94. The summed E-state index contributed by atoms with van der Waals surface area (Å²) in [5, 5.41) is 9.83. The second kappa shape index (κ2) is 2.07. The molecule has 0 bridgehead atoms. The van der Waals surface area contributed by atoms with Crippen molar-refractivity contribution in [3.05, 3.63) is 12.2 Å². The summed E-state index contributed by atoms with van der Waals surface area (Å²) >= 11 is 0. The first-order valence-electron chi connectivity index (χ1n) is 3.76. The molecule has 0 aromatic rings. The summed E-state index contributed by atoms with van der Waals surface area (Å²) in [7, 11) is 0. The molecule has 0 saturated carbocycles. The van der Waals surface area contributed by atoms with Crippen LogP contribution in [0.3, 0.4) is 0 Å². The lowest BCUT2D eigenvalue weighted by molar-refractivity contribution is 0.000976. The molecule has 2 atom stereocenters. The van der Waals surface area contributed by atoms with Gasteiger partial charge in [0.2, 0.25) is 0 Å². The highest BCUT2D eigenvalue weighted by atomic mass is 16.5. The number of hydrogen-bond donors (Lipinski definition) is 1. The molecule has 1 heterocycles. The molecule has 0 amide bonds. The van der Waals surface area contributed by atoms with Gasteiger partial charge in [-0.1, -0.05) is 12.2 Å². The van der Waals surface area contributed by atoms with Gasteiger partial charge in [0.25, 0.3) is 0 Å². The first-order valence-corrected chi connectivity index (χ1v) is 3.76. The Morgan fingerprint density at radius 3 is 3.20 bits per heavy atom. The maximum absolute atomic E-state index is 9.83. The summed E-state index contributed by atoms with van der Waals surface area (Å²) in [6.45, 7) is 1.27. The lowest BCUT2D eigenvalue weighted by atomic mass is 9.82. The normalized spacial score (nSPS) is 45.5. The summed E-state index contributed by atoms with van der Waals surface area (Å²) < 4.78 is 5.20. The first-order chi connectivity index (χ1) is 4.81. The first kappa shape index (κ1) is 6.38. The van der Waals surface area contributed by atoms with Crippen LogP contribution in [0.4, 0.5) is 0 Å². The summed E-state index contributed by atoms with van der Waals surface area (Å²) in [5.74, 6) is 0.359. The molecular weight excluding hydrogens is 128 g/mol. The molecule has 2 rings (SSSR count). The van der Waals surface area contributed by atoms with E-state index in [-0.39, 0.29) is 0 Å². The van der Waals surface area contributed by atoms with Crippen molar-refractivity contribution in [1.82, 2.24) is 0 Å². The van der Waals surface area contributed by atoms with Crippen molar-refractivity contribution in [1.29, 1.82) is 0 Å². The Balaban J connectivity index is 2.20. The van der Waals surface area contributed by atoms with E-state index in [0.29, 0.717) is 12.5 Å². The van der Waals surface area contributed by atoms with E-state index >= 15 is 0 Å². The van der Waals surface area contributed by atoms with E-state index in [9.17, 15) is 5.11 Å². The summed E-state index contributed by atoms with van der Waals surface area (Å²) in [4.78, 5) is 0. The smallest absolute Gasteiger partial charge is 0.0967 e. The fraction of sp³-hybridized carbons (Fsp3) is 0.750. The van der Waals surface area contributed by atoms with Crippen molar-refractivity contribution in [2.75, 3.05) is 13.2 Å². The van der Waals surface area contributed by atoms with Crippen LogP contribution in [0.2, 0.25) is 0 Å². The topological polar surface area (TPSA) is 29.5 Å². The molecule has 2 aliphatic rings. The molecule has 0 aromatic carbocycles. The van der Waals surface area contributed by atoms with Crippen molar-refractivity contribution in [3.63, 3.8) is 0 Å². The maximum Gasteiger partial charge on any atom is 0.0967 e. The van der Waals surface area contributed by atoms with Gasteiger partial charge in [-0.25, -0.2) is 0 Å². The molecular formula is C8H12O2. The Labute approximate surface area is 60.5 Å². The molecule has 1 aliphatic carbocycles. The minimum absolute atomic E-state index is 0.359. The van der Waals surface area contributed by atoms with Gasteiger partial charge in [0, 0.05) is 5.92 Å². The number of fused-ring (bicyclic) bond motifs is 1. The number of ether oxygens (including phenoxy) is 1. The van der Waals surface area contributed by atoms with Crippen molar-refractivity contribution in [2.24, 2.45) is 5.92 Å². The van der Waals surface area contributed by atoms with E-state index in [4.69, 9.17) is 4.74 Å². The zero-order chi connectivity index (χ0) is 7.03. The van der Waals surface area contributed by atoms with Crippen molar-refractivity contribution in [3.8, 4) is 0 Å². The molecule has 0 radical (unpaired) electrons. The van der Waals surface area contributed by atoms with Gasteiger partial charge in [-0.05, 0) is 12.8 Å². The SMILES string of the molecule is OC12CC=CCC1COC2. The highest BCUT2D eigenvalue weighted by Gasteiger charge is 2.41. The van der Waals surface area contributed by atoms with E-state index in [1.54, 1.807) is 0 Å². The Bertz CT molecular complexity index is 165. The predicted molar refractivity (Wildman–Crippen MR) is 37.6 cm³/mol. The van der Waals surface area contributed by atoms with Crippen LogP contribution < -0.4 is 0 Å². The quantitative estimate of drug-likeness (QED) is 0.502. The second-order valence-electron chi connectivity index (χ2n) is 3.23. The van der Waals surface area contributed by atoms with E-state index in [0.717, 1.165) is 19.4 Å². The van der Waals surface area contributed by atoms with Gasteiger partial charge in [-0.3, -0.25) is 0 Å². The lowest BCUT2D eigenvalue weighted by Crippen LogP contribution is -2.37. The Morgan fingerprint density at radius 1 is 1.50 bits per heavy atom. The van der Waals surface area contributed by atoms with Crippen LogP contribution in [0.25, 0.3) is 0 Å². The zero-order valence-electron chi connectivity index (χ0n) is 5.92. The molecule has 1 fully saturated rings. The minimum Gasteiger partial charge on any atom is -0.387 e. The number of aliphatic hydroxyl groups is 1. The number of hydrogen-bond acceptors (Lipinski definition) is 2. The molecule has 2 nitrogen and oxygen atoms in total. The molecule has 0 spiro atoms. The third-order valence-corrected chi connectivity index (χ3v) is 2.49. The minimum atomic E-state index is -0.519. The van der Waals surface area contributed by atoms with Crippen LogP contribution in [0.5, 0.6) is 0 Å². The van der Waals surface area contributed by atoms with E-state index in [2.05, 4.69) is 6.08 Å². The predicted octanol–water partition coefficient (Wildman–Crippen LogP) is 0.714. The maximum atomic E-state index is 9.83. The van der Waals surface area contributed by atoms with Crippen LogP contribution in [0.15, 0.2) is 12.2 Å². The van der Waals surface area contributed by atoms with Gasteiger partial charge in [-0.2, -0.15) is 0 Å². The molecule has 2 heteroatoms. The average molecular weight is 140 g/mol. The second-order valence-corrected chi connectivity index (χ2v) is 3.23. The number of rotatable bonds is 0. The number of allylic oxidation sites excluding steroid dienone is 1. The van der Waals surface area contributed by atoms with Gasteiger partial charge in [-0.15, -0.1) is 0 Å². The molecule has 1 aliphatic heterocycles. The Hall–Kier alpha value is -0.340. The van der Waals surface area contributed by atoms with Crippen LogP contribution in [0, 0.1) is 5.92 Å². The Kier molecular flexibility index (Phi) is 1.32. The van der Waals surface area contributed by atoms with E-state index in [1.165, 1.54) is 0 Å². The van der Waals surface area contributed by atoms with Gasteiger partial charge in [0.15, 0.2) is 0 Å². The van der Waals surface area contributed by atoms with Gasteiger partial charge in [0.05, 0.1) is 18.8 Å². The fourth-order valence-corrected chi connectivity index (χ4v) is 1.71. The molecule has 1 saturated heterocycles. The van der Waals surface area contributed by atoms with E-state index < -0.39 is 5.60 Å². The van der Waals surface area contributed by atoms with Gasteiger partial charge < -0.3 is 9.84 Å². The molecule has 0 aromatic heterocycles. The largest absolute Gasteiger partial charge is 0.387 e. The molecule has 1 N–H and O–H groups in total. The van der Waals surface area contributed by atoms with Gasteiger partial charge >= 0.3 is 0 Å². The van der Waals surface area contributed by atoms with Crippen molar-refractivity contribution < 1.29 is 9.84 Å². The zero-order valence-corrected chi connectivity index (χ0v) is 5.92. The Morgan fingerprint density at radius 2 is 2.40 bits per heavy atom. The van der Waals surface area contributed by atoms with Crippen molar-refractivity contribution in [2.45, 2.75) is 18.4 Å². The van der Waals surface area contributed by atoms with Crippen LogP contribution in [-0.4, -0.2) is 23.9 Å². The summed E-state index contributed by atoms with van der Waals surface area (Å²) in [5.41, 5.74) is -0.519. The van der Waals surface area contributed by atoms with Crippen LogP contribution >= 0.6 is 0 Å². The highest BCUT2D eigenvalue weighted by molar-refractivity contribution is 5.05. The summed E-state index contributed by atoms with van der Waals surface area (Å²) in [6, 6.07) is 0. The van der Waals surface area contributed by atoms with Crippen LogP contribution in [0.1, 0.15) is 12.8 Å². The van der Waals surface area contributed by atoms with Gasteiger partial charge in [0.1, 0.15) is 0 Å². The third kappa shape index (κ3) is 0.796. The van der Waals surface area contributed by atoms with E-state index in [1.807, 2.05) is 6.08 Å².